The molecule has 2 aromatic carbocycles. The fourth-order valence-corrected chi connectivity index (χ4v) is 6.98. The van der Waals surface area contributed by atoms with Crippen LogP contribution < -0.4 is 4.74 Å². The molecule has 4 aliphatic heterocycles. The number of nitrogens with zero attached hydrogens (tertiary/aromatic N) is 2. The van der Waals surface area contributed by atoms with Crippen molar-refractivity contribution in [2.75, 3.05) is 33.4 Å². The van der Waals surface area contributed by atoms with E-state index in [1.54, 1.807) is 7.11 Å². The van der Waals surface area contributed by atoms with Crippen molar-refractivity contribution in [3.05, 3.63) is 59.2 Å². The van der Waals surface area contributed by atoms with Gasteiger partial charge in [-0.25, -0.2) is 0 Å². The van der Waals surface area contributed by atoms with Crippen molar-refractivity contribution < 1.29 is 14.6 Å². The van der Waals surface area contributed by atoms with Crippen molar-refractivity contribution in [2.24, 2.45) is 11.8 Å². The molecule has 5 nitrogen and oxygen atoms in total. The van der Waals surface area contributed by atoms with Crippen LogP contribution in [0.15, 0.2) is 42.5 Å². The topological polar surface area (TPSA) is 45.2 Å². The summed E-state index contributed by atoms with van der Waals surface area (Å²) in [5.74, 6) is 2.35. The molecule has 0 aromatic heterocycles. The van der Waals surface area contributed by atoms with E-state index in [1.807, 2.05) is 6.07 Å². The summed E-state index contributed by atoms with van der Waals surface area (Å²) >= 11 is 0. The molecule has 1 saturated carbocycles. The van der Waals surface area contributed by atoms with Crippen LogP contribution in [0.4, 0.5) is 0 Å². The second kappa shape index (κ2) is 10.1. The van der Waals surface area contributed by atoms with Gasteiger partial charge < -0.3 is 14.6 Å². The Morgan fingerprint density at radius 1 is 1.00 bits per heavy atom. The molecular weight excluding hydrogens is 436 g/mol. The summed E-state index contributed by atoms with van der Waals surface area (Å²) < 4.78 is 12.1. The molecule has 7 rings (SSSR count). The SMILES string of the molecule is COc1ccc2c(c1O)CCO[C@@H]1CN(Cc3ccccc3)C3CCC(C2)N(CC2CC2)CCC31. The van der Waals surface area contributed by atoms with E-state index >= 15 is 0 Å². The van der Waals surface area contributed by atoms with Crippen LogP contribution in [0, 0.1) is 11.8 Å². The van der Waals surface area contributed by atoms with Gasteiger partial charge in [-0.15, -0.1) is 0 Å². The van der Waals surface area contributed by atoms with Gasteiger partial charge in [0, 0.05) is 43.2 Å². The molecule has 4 atom stereocenters. The van der Waals surface area contributed by atoms with Crippen LogP contribution in [-0.4, -0.2) is 66.4 Å². The van der Waals surface area contributed by atoms with Crippen LogP contribution in [0.25, 0.3) is 0 Å². The molecule has 4 heterocycles. The van der Waals surface area contributed by atoms with E-state index in [0.717, 1.165) is 37.4 Å². The molecule has 188 valence electrons. The highest BCUT2D eigenvalue weighted by Crippen LogP contribution is 2.40. The number of likely N-dealkylation sites (tertiary alicyclic amines) is 1. The summed E-state index contributed by atoms with van der Waals surface area (Å²) in [5, 5.41) is 11.0. The summed E-state index contributed by atoms with van der Waals surface area (Å²) in [4.78, 5) is 5.52. The first kappa shape index (κ1) is 23.3. The summed E-state index contributed by atoms with van der Waals surface area (Å²) in [5.41, 5.74) is 3.69. The molecule has 0 radical (unpaired) electrons. The maximum atomic E-state index is 11.0. The average Bonchev–Trinajstić information content (AvgIpc) is 3.62. The highest BCUT2D eigenvalue weighted by atomic mass is 16.5. The molecule has 1 N–H and O–H groups in total. The molecule has 4 bridgehead atoms. The zero-order valence-electron chi connectivity index (χ0n) is 21.1. The van der Waals surface area contributed by atoms with Crippen LogP contribution in [0.1, 0.15) is 48.8 Å². The van der Waals surface area contributed by atoms with Crippen molar-refractivity contribution in [2.45, 2.75) is 69.7 Å². The lowest BCUT2D eigenvalue weighted by atomic mass is 9.84. The second-order valence-corrected chi connectivity index (χ2v) is 11.2. The third-order valence-corrected chi connectivity index (χ3v) is 9.04. The number of fused-ring (bicyclic) bond motifs is 5. The van der Waals surface area contributed by atoms with E-state index in [2.05, 4.69) is 46.2 Å². The Kier molecular flexibility index (Phi) is 6.74. The Morgan fingerprint density at radius 2 is 1.86 bits per heavy atom. The average molecular weight is 477 g/mol. The first-order valence-electron chi connectivity index (χ1n) is 13.7. The molecule has 2 aromatic rings. The number of hydrogen-bond donors (Lipinski definition) is 1. The van der Waals surface area contributed by atoms with Gasteiger partial charge in [-0.2, -0.15) is 0 Å². The fraction of sp³-hybridized carbons (Fsp3) is 0.600. The molecule has 5 aliphatic rings. The van der Waals surface area contributed by atoms with Gasteiger partial charge in [0.15, 0.2) is 11.5 Å². The van der Waals surface area contributed by atoms with E-state index in [9.17, 15) is 5.11 Å². The first-order valence-corrected chi connectivity index (χ1v) is 13.7. The van der Waals surface area contributed by atoms with E-state index in [1.165, 1.54) is 56.3 Å². The highest BCUT2D eigenvalue weighted by Gasteiger charge is 2.44. The Labute approximate surface area is 210 Å². The maximum absolute atomic E-state index is 11.0. The number of aromatic hydroxyl groups is 1. The number of phenols is 1. The Bertz CT molecular complexity index is 1010. The molecule has 0 amide bonds. The largest absolute Gasteiger partial charge is 0.504 e. The molecular formula is C30H40N2O3. The van der Waals surface area contributed by atoms with E-state index in [4.69, 9.17) is 9.47 Å². The lowest BCUT2D eigenvalue weighted by molar-refractivity contribution is 0.0196. The zero-order chi connectivity index (χ0) is 23.8. The predicted molar refractivity (Wildman–Crippen MR) is 138 cm³/mol. The minimum absolute atomic E-state index is 0.263. The molecule has 2 saturated heterocycles. The predicted octanol–water partition coefficient (Wildman–Crippen LogP) is 4.65. The monoisotopic (exact) mass is 476 g/mol. The van der Waals surface area contributed by atoms with Crippen molar-refractivity contribution in [1.82, 2.24) is 9.80 Å². The van der Waals surface area contributed by atoms with Crippen LogP contribution in [0.2, 0.25) is 0 Å². The van der Waals surface area contributed by atoms with Crippen molar-refractivity contribution in [1.29, 1.82) is 0 Å². The lowest BCUT2D eigenvalue weighted by Crippen LogP contribution is -2.45. The summed E-state index contributed by atoms with van der Waals surface area (Å²) in [7, 11) is 1.64. The summed E-state index contributed by atoms with van der Waals surface area (Å²) in [6, 6.07) is 16.2. The van der Waals surface area contributed by atoms with Gasteiger partial charge in [0.2, 0.25) is 0 Å². The van der Waals surface area contributed by atoms with Crippen molar-refractivity contribution >= 4 is 0 Å². The minimum atomic E-state index is 0.263. The van der Waals surface area contributed by atoms with Gasteiger partial charge in [0.25, 0.3) is 0 Å². The third-order valence-electron chi connectivity index (χ3n) is 9.04. The van der Waals surface area contributed by atoms with Crippen molar-refractivity contribution in [3.63, 3.8) is 0 Å². The molecule has 3 unspecified atom stereocenters. The number of phenolic OH excluding ortho intramolecular Hbond substituents is 1. The molecule has 3 fully saturated rings. The maximum Gasteiger partial charge on any atom is 0.161 e. The Morgan fingerprint density at radius 3 is 2.66 bits per heavy atom. The van der Waals surface area contributed by atoms with Gasteiger partial charge in [-0.05, 0) is 74.6 Å². The third kappa shape index (κ3) is 4.96. The molecule has 5 heteroatoms. The number of hydrogen-bond acceptors (Lipinski definition) is 5. The van der Waals surface area contributed by atoms with Crippen LogP contribution in [-0.2, 0) is 24.1 Å². The smallest absolute Gasteiger partial charge is 0.161 e. The van der Waals surface area contributed by atoms with Crippen LogP contribution >= 0.6 is 0 Å². The normalized spacial score (nSPS) is 29.7. The van der Waals surface area contributed by atoms with Gasteiger partial charge in [0.1, 0.15) is 0 Å². The Hall–Kier alpha value is -2.08. The van der Waals surface area contributed by atoms with E-state index in [0.29, 0.717) is 36.1 Å². The molecule has 35 heavy (non-hydrogen) atoms. The van der Waals surface area contributed by atoms with Crippen LogP contribution in [0.3, 0.4) is 0 Å². The first-order chi connectivity index (χ1) is 17.2. The molecule has 1 aliphatic carbocycles. The number of benzene rings is 2. The number of ether oxygens (including phenoxy) is 2. The van der Waals surface area contributed by atoms with Gasteiger partial charge in [-0.3, -0.25) is 9.80 Å². The number of methoxy groups -OCH3 is 1. The van der Waals surface area contributed by atoms with Crippen molar-refractivity contribution in [3.8, 4) is 11.5 Å². The summed E-state index contributed by atoms with van der Waals surface area (Å²) in [6.45, 7) is 5.07. The standard InChI is InChI=1S/C30H40N2O3/c1-34-28-12-9-23-17-24-10-11-27-26(13-15-31(24)18-22-7-8-22)29(35-16-14-25(23)30(28)33)20-32(27)19-21-5-3-2-4-6-21/h2-6,9,12,22,24,26-27,29,33H,7-8,10-11,13-20H2,1H3/t24?,26?,27?,29-/m1/s1. The fourth-order valence-electron chi connectivity index (χ4n) is 6.98. The quantitative estimate of drug-likeness (QED) is 0.681. The Balaban J connectivity index is 1.32. The minimum Gasteiger partial charge on any atom is -0.504 e. The lowest BCUT2D eigenvalue weighted by Gasteiger charge is -2.40. The van der Waals surface area contributed by atoms with Crippen LogP contribution in [0.5, 0.6) is 11.5 Å². The zero-order valence-corrected chi connectivity index (χ0v) is 21.1. The highest BCUT2D eigenvalue weighted by molar-refractivity contribution is 5.50. The van der Waals surface area contributed by atoms with Gasteiger partial charge >= 0.3 is 0 Å². The van der Waals surface area contributed by atoms with Gasteiger partial charge in [-0.1, -0.05) is 36.4 Å². The molecule has 0 spiro atoms. The summed E-state index contributed by atoms with van der Waals surface area (Å²) in [6.07, 6.45) is 8.43. The van der Waals surface area contributed by atoms with Gasteiger partial charge in [0.05, 0.1) is 19.8 Å². The second-order valence-electron chi connectivity index (χ2n) is 11.2. The van der Waals surface area contributed by atoms with E-state index in [-0.39, 0.29) is 6.10 Å². The number of rotatable bonds is 5. The van der Waals surface area contributed by atoms with E-state index < -0.39 is 0 Å².